The molecule has 1 aromatic heterocycles. The molecular weight excluding hydrogens is 469 g/mol. The number of amides is 1. The van der Waals surface area contributed by atoms with Crippen molar-refractivity contribution in [1.82, 2.24) is 4.57 Å². The Morgan fingerprint density at radius 3 is 2.14 bits per heavy atom. The van der Waals surface area contributed by atoms with E-state index in [-0.39, 0.29) is 17.8 Å². The summed E-state index contributed by atoms with van der Waals surface area (Å²) < 4.78 is 16.6. The summed E-state index contributed by atoms with van der Waals surface area (Å²) in [6.07, 6.45) is 3.19. The van der Waals surface area contributed by atoms with E-state index in [0.29, 0.717) is 28.4 Å². The number of aliphatic hydroxyl groups excluding tert-OH is 1. The quantitative estimate of drug-likeness (QED) is 0.256. The van der Waals surface area contributed by atoms with E-state index in [2.05, 4.69) is 20.9 Å². The van der Waals surface area contributed by atoms with Crippen LogP contribution in [0.5, 0.6) is 0 Å². The maximum atomic E-state index is 14.8. The van der Waals surface area contributed by atoms with E-state index >= 15 is 0 Å². The Balaban J connectivity index is 1.18. The number of aliphatic hydroxyl groups is 1. The third-order valence-electron chi connectivity index (χ3n) is 6.55. The number of hydrogen-bond donors (Lipinski definition) is 4. The molecule has 0 atom stereocenters. The third-order valence-corrected chi connectivity index (χ3v) is 6.55. The Labute approximate surface area is 215 Å². The lowest BCUT2D eigenvalue weighted by Crippen LogP contribution is -2.35. The minimum absolute atomic E-state index is 0.191. The van der Waals surface area contributed by atoms with E-state index in [0.717, 1.165) is 37.3 Å². The normalized spacial score (nSPS) is 13.9. The SMILES string of the molecule is Cn1cccc1C(=O)Nc1ccc(Nc2ccc(Nc3ccc(N4CCC(O)CC4)cc3)cc2F)cc1. The van der Waals surface area contributed by atoms with Crippen molar-refractivity contribution in [3.63, 3.8) is 0 Å². The minimum atomic E-state index is -0.380. The van der Waals surface area contributed by atoms with Crippen LogP contribution in [0.15, 0.2) is 85.1 Å². The number of nitrogens with zero attached hydrogens (tertiary/aromatic N) is 2. The van der Waals surface area contributed by atoms with Gasteiger partial charge in [-0.1, -0.05) is 0 Å². The second-order valence-electron chi connectivity index (χ2n) is 9.25. The number of carbonyl (C=O) groups excluding carboxylic acids is 1. The van der Waals surface area contributed by atoms with Crippen molar-refractivity contribution < 1.29 is 14.3 Å². The zero-order valence-electron chi connectivity index (χ0n) is 20.6. The number of benzene rings is 3. The van der Waals surface area contributed by atoms with Crippen LogP contribution in [0, 0.1) is 5.82 Å². The molecule has 190 valence electrons. The average molecular weight is 500 g/mol. The number of anilines is 6. The van der Waals surface area contributed by atoms with Gasteiger partial charge in [-0.25, -0.2) is 4.39 Å². The first-order chi connectivity index (χ1) is 17.9. The van der Waals surface area contributed by atoms with Gasteiger partial charge in [-0.15, -0.1) is 0 Å². The number of carbonyl (C=O) groups is 1. The fourth-order valence-electron chi connectivity index (χ4n) is 4.43. The van der Waals surface area contributed by atoms with Gasteiger partial charge >= 0.3 is 0 Å². The molecule has 1 fully saturated rings. The summed E-state index contributed by atoms with van der Waals surface area (Å²) in [4.78, 5) is 14.6. The lowest BCUT2D eigenvalue weighted by atomic mass is 10.1. The van der Waals surface area contributed by atoms with Crippen LogP contribution in [0.1, 0.15) is 23.3 Å². The lowest BCUT2D eigenvalue weighted by Gasteiger charge is -2.31. The fraction of sp³-hybridized carbons (Fsp3) is 0.207. The molecule has 1 amide bonds. The molecule has 5 rings (SSSR count). The molecule has 0 unspecified atom stereocenters. The van der Waals surface area contributed by atoms with Crippen LogP contribution in [0.25, 0.3) is 0 Å². The van der Waals surface area contributed by atoms with Gasteiger partial charge in [0.1, 0.15) is 11.5 Å². The predicted octanol–water partition coefficient (Wildman–Crippen LogP) is 5.86. The van der Waals surface area contributed by atoms with Crippen molar-refractivity contribution in [3.8, 4) is 0 Å². The number of aryl methyl sites for hydroxylation is 1. The standard InChI is InChI=1S/C29H30FN5O2/c1-34-16-2-3-28(34)29(37)33-22-6-4-21(5-7-22)32-27-13-10-23(19-26(27)30)31-20-8-11-24(12-9-20)35-17-14-25(36)15-18-35/h2-13,16,19,25,31-32,36H,14-15,17-18H2,1H3,(H,33,37). The zero-order chi connectivity index (χ0) is 25.8. The minimum Gasteiger partial charge on any atom is -0.393 e. The Bertz CT molecular complexity index is 1360. The maximum absolute atomic E-state index is 14.8. The summed E-state index contributed by atoms with van der Waals surface area (Å²) in [6.45, 7) is 1.69. The monoisotopic (exact) mass is 499 g/mol. The molecule has 8 heteroatoms. The second-order valence-corrected chi connectivity index (χ2v) is 9.25. The molecule has 1 saturated heterocycles. The maximum Gasteiger partial charge on any atom is 0.272 e. The summed E-state index contributed by atoms with van der Waals surface area (Å²) in [6, 6.07) is 23.7. The van der Waals surface area contributed by atoms with Crippen molar-refractivity contribution in [3.05, 3.63) is 96.6 Å². The van der Waals surface area contributed by atoms with Crippen LogP contribution in [-0.4, -0.2) is 34.8 Å². The Morgan fingerprint density at radius 1 is 0.865 bits per heavy atom. The van der Waals surface area contributed by atoms with Gasteiger partial charge in [-0.2, -0.15) is 0 Å². The van der Waals surface area contributed by atoms with Gasteiger partial charge in [0.05, 0.1) is 11.8 Å². The van der Waals surface area contributed by atoms with Gasteiger partial charge in [-0.05, 0) is 91.7 Å². The Kier molecular flexibility index (Phi) is 7.09. The molecule has 0 radical (unpaired) electrons. The van der Waals surface area contributed by atoms with E-state index in [1.165, 1.54) is 6.07 Å². The molecular formula is C29H30FN5O2. The first-order valence-corrected chi connectivity index (χ1v) is 12.3. The van der Waals surface area contributed by atoms with Crippen LogP contribution in [0.2, 0.25) is 0 Å². The van der Waals surface area contributed by atoms with E-state index in [4.69, 9.17) is 0 Å². The highest BCUT2D eigenvalue weighted by atomic mass is 19.1. The van der Waals surface area contributed by atoms with Crippen LogP contribution in [0.3, 0.4) is 0 Å². The summed E-state index contributed by atoms with van der Waals surface area (Å²) in [5, 5.41) is 18.9. The van der Waals surface area contributed by atoms with Crippen molar-refractivity contribution in [2.45, 2.75) is 18.9 Å². The number of rotatable bonds is 7. The van der Waals surface area contributed by atoms with Crippen molar-refractivity contribution >= 4 is 40.0 Å². The highest BCUT2D eigenvalue weighted by Crippen LogP contribution is 2.27. The largest absolute Gasteiger partial charge is 0.393 e. The number of piperidine rings is 1. The molecule has 37 heavy (non-hydrogen) atoms. The van der Waals surface area contributed by atoms with Gasteiger partial charge in [0.2, 0.25) is 0 Å². The van der Waals surface area contributed by atoms with Gasteiger partial charge < -0.3 is 30.5 Å². The number of hydrogen-bond acceptors (Lipinski definition) is 5. The molecule has 4 N–H and O–H groups in total. The lowest BCUT2D eigenvalue weighted by molar-refractivity contribution is 0.101. The molecule has 0 spiro atoms. The molecule has 0 aliphatic carbocycles. The van der Waals surface area contributed by atoms with Gasteiger partial charge in [0.15, 0.2) is 0 Å². The smallest absolute Gasteiger partial charge is 0.272 e. The summed E-state index contributed by atoms with van der Waals surface area (Å²) in [5.74, 6) is -0.571. The second kappa shape index (κ2) is 10.8. The third kappa shape index (κ3) is 5.92. The molecule has 1 aliphatic heterocycles. The van der Waals surface area contributed by atoms with Crippen LogP contribution in [-0.2, 0) is 7.05 Å². The highest BCUT2D eigenvalue weighted by Gasteiger charge is 2.17. The molecule has 0 saturated carbocycles. The average Bonchev–Trinajstić information content (AvgIpc) is 3.34. The topological polar surface area (TPSA) is 81.6 Å². The first kappa shape index (κ1) is 24.4. The Morgan fingerprint density at radius 2 is 1.49 bits per heavy atom. The van der Waals surface area contributed by atoms with Crippen LogP contribution in [0.4, 0.5) is 38.5 Å². The van der Waals surface area contributed by atoms with E-state index in [1.54, 1.807) is 41.0 Å². The van der Waals surface area contributed by atoms with Crippen LogP contribution >= 0.6 is 0 Å². The summed E-state index contributed by atoms with van der Waals surface area (Å²) >= 11 is 0. The van der Waals surface area contributed by atoms with E-state index in [9.17, 15) is 14.3 Å². The van der Waals surface area contributed by atoms with Crippen molar-refractivity contribution in [2.75, 3.05) is 33.9 Å². The van der Waals surface area contributed by atoms with Crippen molar-refractivity contribution in [2.24, 2.45) is 7.05 Å². The van der Waals surface area contributed by atoms with Gasteiger partial charge in [0.25, 0.3) is 5.91 Å². The van der Waals surface area contributed by atoms with Crippen molar-refractivity contribution in [1.29, 1.82) is 0 Å². The first-order valence-electron chi connectivity index (χ1n) is 12.3. The van der Waals surface area contributed by atoms with E-state index < -0.39 is 0 Å². The summed E-state index contributed by atoms with van der Waals surface area (Å²) in [5.41, 5.74) is 4.92. The summed E-state index contributed by atoms with van der Waals surface area (Å²) in [7, 11) is 1.82. The molecule has 2 heterocycles. The Hall–Kier alpha value is -4.30. The molecule has 1 aliphatic rings. The predicted molar refractivity (Wildman–Crippen MR) is 147 cm³/mol. The number of nitrogens with one attached hydrogen (secondary N) is 3. The zero-order valence-corrected chi connectivity index (χ0v) is 20.6. The number of halogens is 1. The van der Waals surface area contributed by atoms with Gasteiger partial charge in [0, 0.05) is 54.8 Å². The molecule has 7 nitrogen and oxygen atoms in total. The van der Waals surface area contributed by atoms with E-state index in [1.807, 2.05) is 49.6 Å². The van der Waals surface area contributed by atoms with Crippen LogP contribution < -0.4 is 20.9 Å². The molecule has 0 bridgehead atoms. The molecule has 4 aromatic rings. The highest BCUT2D eigenvalue weighted by molar-refractivity contribution is 6.03. The number of aromatic nitrogens is 1. The molecule has 3 aromatic carbocycles. The fourth-order valence-corrected chi connectivity index (χ4v) is 4.43. The van der Waals surface area contributed by atoms with Gasteiger partial charge in [-0.3, -0.25) is 4.79 Å².